The van der Waals surface area contributed by atoms with Gasteiger partial charge in [-0.25, -0.2) is 8.78 Å². The van der Waals surface area contributed by atoms with E-state index in [-0.39, 0.29) is 27.9 Å². The van der Waals surface area contributed by atoms with Gasteiger partial charge in [-0.1, -0.05) is 35.8 Å². The summed E-state index contributed by atoms with van der Waals surface area (Å²) in [5.41, 5.74) is 0.863. The van der Waals surface area contributed by atoms with Gasteiger partial charge >= 0.3 is 0 Å². The van der Waals surface area contributed by atoms with Gasteiger partial charge in [-0.05, 0) is 55.0 Å². The summed E-state index contributed by atoms with van der Waals surface area (Å²) in [7, 11) is 0. The molecule has 1 aliphatic carbocycles. The molecule has 2 aromatic rings. The van der Waals surface area contributed by atoms with Gasteiger partial charge in [0.15, 0.2) is 0 Å². The van der Waals surface area contributed by atoms with E-state index < -0.39 is 44.6 Å². The van der Waals surface area contributed by atoms with Crippen LogP contribution in [0, 0.1) is 17.6 Å². The SMILES string of the molecule is C=C/C(=C\C=C(/C)NC(C)=O)NC(=O)c1cc(NC(=O)C2C(c3ccc(F)c(Cl)c3)C2(Cl)Cl)cc(F)c1Cl. The fourth-order valence-electron chi connectivity index (χ4n) is 3.71. The first-order chi connectivity index (χ1) is 17.8. The van der Waals surface area contributed by atoms with Crippen molar-refractivity contribution in [1.82, 2.24) is 10.6 Å². The maximum Gasteiger partial charge on any atom is 0.257 e. The molecule has 12 heteroatoms. The molecule has 6 nitrogen and oxygen atoms in total. The number of hydrogen-bond donors (Lipinski definition) is 3. The number of alkyl halides is 2. The van der Waals surface area contributed by atoms with Gasteiger partial charge in [0.25, 0.3) is 5.91 Å². The van der Waals surface area contributed by atoms with Crippen molar-refractivity contribution in [3.05, 3.63) is 99.3 Å². The zero-order valence-electron chi connectivity index (χ0n) is 20.0. The maximum atomic E-state index is 14.6. The Labute approximate surface area is 237 Å². The fourth-order valence-corrected chi connectivity index (χ4v) is 4.93. The van der Waals surface area contributed by atoms with Gasteiger partial charge in [0.1, 0.15) is 16.0 Å². The smallest absolute Gasteiger partial charge is 0.257 e. The molecule has 3 rings (SSSR count). The van der Waals surface area contributed by atoms with Crippen LogP contribution in [0.2, 0.25) is 10.0 Å². The van der Waals surface area contributed by atoms with Crippen LogP contribution in [0.5, 0.6) is 0 Å². The molecule has 0 radical (unpaired) electrons. The first-order valence-corrected chi connectivity index (χ1v) is 12.5. The van der Waals surface area contributed by atoms with Crippen LogP contribution in [-0.4, -0.2) is 22.1 Å². The van der Waals surface area contributed by atoms with Crippen molar-refractivity contribution >= 4 is 69.8 Å². The lowest BCUT2D eigenvalue weighted by Crippen LogP contribution is -2.23. The van der Waals surface area contributed by atoms with Crippen molar-refractivity contribution in [3.63, 3.8) is 0 Å². The van der Waals surface area contributed by atoms with E-state index in [1.54, 1.807) is 6.92 Å². The number of halogens is 6. The number of hydrogen-bond acceptors (Lipinski definition) is 3. The summed E-state index contributed by atoms with van der Waals surface area (Å²) in [6.45, 7) is 6.60. The van der Waals surface area contributed by atoms with Crippen LogP contribution in [0.1, 0.15) is 35.7 Å². The Morgan fingerprint density at radius 2 is 1.68 bits per heavy atom. The summed E-state index contributed by atoms with van der Waals surface area (Å²) in [6.07, 6.45) is 4.34. The lowest BCUT2D eigenvalue weighted by molar-refractivity contribution is -0.118. The first-order valence-electron chi connectivity index (χ1n) is 11.0. The van der Waals surface area contributed by atoms with E-state index in [0.717, 1.165) is 12.1 Å². The molecule has 1 aliphatic rings. The van der Waals surface area contributed by atoms with Crippen LogP contribution in [0.3, 0.4) is 0 Å². The zero-order chi connectivity index (χ0) is 28.4. The average Bonchev–Trinajstić information content (AvgIpc) is 3.41. The topological polar surface area (TPSA) is 87.3 Å². The normalized spacial score (nSPS) is 18.4. The molecule has 0 saturated heterocycles. The van der Waals surface area contributed by atoms with Gasteiger partial charge in [-0.15, -0.1) is 23.2 Å². The molecule has 0 heterocycles. The molecule has 3 amide bonds. The molecule has 2 aromatic carbocycles. The van der Waals surface area contributed by atoms with Crippen molar-refractivity contribution in [2.24, 2.45) is 5.92 Å². The van der Waals surface area contributed by atoms with Crippen LogP contribution in [0.15, 0.2) is 66.5 Å². The van der Waals surface area contributed by atoms with Gasteiger partial charge in [0.2, 0.25) is 11.8 Å². The molecule has 1 fully saturated rings. The van der Waals surface area contributed by atoms with Crippen LogP contribution in [-0.2, 0) is 9.59 Å². The van der Waals surface area contributed by atoms with Gasteiger partial charge in [-0.2, -0.15) is 0 Å². The van der Waals surface area contributed by atoms with Gasteiger partial charge in [0, 0.05) is 29.9 Å². The molecule has 0 aliphatic heterocycles. The van der Waals surface area contributed by atoms with E-state index in [9.17, 15) is 23.2 Å². The number of carbonyl (C=O) groups is 3. The molecule has 2 unspecified atom stereocenters. The molecule has 0 bridgehead atoms. The summed E-state index contributed by atoms with van der Waals surface area (Å²) >= 11 is 24.5. The third-order valence-corrected chi connectivity index (χ3v) is 7.16. The molecule has 200 valence electrons. The van der Waals surface area contributed by atoms with E-state index in [4.69, 9.17) is 46.4 Å². The first kappa shape index (κ1) is 29.6. The summed E-state index contributed by atoms with van der Waals surface area (Å²) in [5, 5.41) is 6.97. The predicted molar refractivity (Wildman–Crippen MR) is 145 cm³/mol. The van der Waals surface area contributed by atoms with Crippen LogP contribution in [0.25, 0.3) is 0 Å². The molecule has 2 atom stereocenters. The second-order valence-electron chi connectivity index (χ2n) is 8.42. The second kappa shape index (κ2) is 11.9. The molecule has 0 spiro atoms. The second-order valence-corrected chi connectivity index (χ2v) is 10.7. The van der Waals surface area contributed by atoms with E-state index in [1.165, 1.54) is 43.4 Å². The summed E-state index contributed by atoms with van der Waals surface area (Å²) in [6, 6.07) is 6.01. The summed E-state index contributed by atoms with van der Waals surface area (Å²) in [5.74, 6) is -4.95. The van der Waals surface area contributed by atoms with Crippen molar-refractivity contribution in [2.75, 3.05) is 5.32 Å². The number of allylic oxidation sites excluding steroid dienone is 4. The molecular formula is C26H21Cl4F2N3O3. The average molecular weight is 603 g/mol. The van der Waals surface area contributed by atoms with Crippen molar-refractivity contribution in [2.45, 2.75) is 24.1 Å². The number of anilines is 1. The van der Waals surface area contributed by atoms with E-state index in [2.05, 4.69) is 22.5 Å². The highest BCUT2D eigenvalue weighted by Gasteiger charge is 2.67. The quantitative estimate of drug-likeness (QED) is 0.234. The minimum absolute atomic E-state index is 0.0699. The molecular weight excluding hydrogens is 582 g/mol. The Balaban J connectivity index is 1.79. The molecule has 1 saturated carbocycles. The Kier molecular flexibility index (Phi) is 9.26. The zero-order valence-corrected chi connectivity index (χ0v) is 23.0. The van der Waals surface area contributed by atoms with Crippen molar-refractivity contribution < 1.29 is 23.2 Å². The Morgan fingerprint density at radius 3 is 2.29 bits per heavy atom. The minimum Gasteiger partial charge on any atom is -0.330 e. The van der Waals surface area contributed by atoms with Crippen LogP contribution >= 0.6 is 46.4 Å². The number of rotatable bonds is 8. The largest absolute Gasteiger partial charge is 0.330 e. The van der Waals surface area contributed by atoms with Crippen molar-refractivity contribution in [1.29, 1.82) is 0 Å². The molecule has 0 aromatic heterocycles. The Hall–Kier alpha value is -2.91. The number of benzene rings is 2. The van der Waals surface area contributed by atoms with E-state index >= 15 is 0 Å². The Morgan fingerprint density at radius 1 is 1.00 bits per heavy atom. The predicted octanol–water partition coefficient (Wildman–Crippen LogP) is 6.64. The lowest BCUT2D eigenvalue weighted by Gasteiger charge is -2.12. The van der Waals surface area contributed by atoms with Gasteiger partial charge < -0.3 is 16.0 Å². The number of carbonyl (C=O) groups excluding carboxylic acids is 3. The third-order valence-electron chi connectivity index (χ3n) is 5.54. The van der Waals surface area contributed by atoms with E-state index in [1.807, 2.05) is 0 Å². The standard InChI is InChI=1S/C26H21Cl4F2N3O3/c1-4-15(7-5-12(2)33-13(3)36)34-24(37)17-10-16(11-20(32)23(17)28)35-25(38)22-21(26(22,29)30)14-6-8-19(31)18(27)9-14/h4-11,21-22H,1H2,2-3H3,(H,33,36)(H,34,37)(H,35,38)/b12-5+,15-7+. The van der Waals surface area contributed by atoms with Crippen LogP contribution in [0.4, 0.5) is 14.5 Å². The van der Waals surface area contributed by atoms with Crippen molar-refractivity contribution in [3.8, 4) is 0 Å². The number of amides is 3. The summed E-state index contributed by atoms with van der Waals surface area (Å²) in [4.78, 5) is 36.9. The highest BCUT2D eigenvalue weighted by molar-refractivity contribution is 6.53. The van der Waals surface area contributed by atoms with Gasteiger partial charge in [-0.3, -0.25) is 14.4 Å². The molecule has 38 heavy (non-hydrogen) atoms. The summed E-state index contributed by atoms with van der Waals surface area (Å²) < 4.78 is 26.6. The van der Waals surface area contributed by atoms with Crippen LogP contribution < -0.4 is 16.0 Å². The third kappa shape index (κ3) is 6.74. The number of nitrogens with one attached hydrogen (secondary N) is 3. The minimum atomic E-state index is -1.51. The van der Waals surface area contributed by atoms with E-state index in [0.29, 0.717) is 11.3 Å². The maximum absolute atomic E-state index is 14.6. The lowest BCUT2D eigenvalue weighted by atomic mass is 10.1. The Bertz CT molecular complexity index is 1390. The highest BCUT2D eigenvalue weighted by Crippen LogP contribution is 2.65. The van der Waals surface area contributed by atoms with Gasteiger partial charge in [0.05, 0.1) is 21.5 Å². The monoisotopic (exact) mass is 601 g/mol. The molecule has 3 N–H and O–H groups in total. The highest BCUT2D eigenvalue weighted by atomic mass is 35.5. The fraction of sp³-hybridized carbons (Fsp3) is 0.192.